The monoisotopic (exact) mass is 466 g/mol. The molecule has 0 bridgehead atoms. The fourth-order valence-electron chi connectivity index (χ4n) is 3.56. The molecule has 4 rings (SSSR count). The highest BCUT2D eigenvalue weighted by Crippen LogP contribution is 2.33. The minimum atomic E-state index is -0.550. The number of fused-ring (bicyclic) bond motifs is 1. The number of carbonyl (C=O) groups excluding carboxylic acids is 1. The van der Waals surface area contributed by atoms with Gasteiger partial charge in [-0.25, -0.2) is 9.79 Å². The number of esters is 1. The quantitative estimate of drug-likeness (QED) is 0.521. The van der Waals surface area contributed by atoms with Gasteiger partial charge in [0.1, 0.15) is 11.8 Å². The average Bonchev–Trinajstić information content (AvgIpc) is 3.42. The number of thiazole rings is 1. The molecule has 0 radical (unpaired) electrons. The molecule has 0 saturated carbocycles. The minimum Gasteiger partial charge on any atom is -0.496 e. The molecule has 0 saturated heterocycles. The van der Waals surface area contributed by atoms with Crippen LogP contribution in [-0.2, 0) is 9.53 Å². The van der Waals surface area contributed by atoms with E-state index >= 15 is 0 Å². The van der Waals surface area contributed by atoms with Gasteiger partial charge in [0.05, 0.1) is 29.5 Å². The van der Waals surface area contributed by atoms with Crippen LogP contribution < -0.4 is 19.6 Å². The first-order valence-electron chi connectivity index (χ1n) is 10.1. The molecule has 1 aromatic carbocycles. The Morgan fingerprint density at radius 1 is 1.25 bits per heavy atom. The summed E-state index contributed by atoms with van der Waals surface area (Å²) in [6.07, 6.45) is 5.48. The summed E-state index contributed by atoms with van der Waals surface area (Å²) in [4.78, 5) is 32.1. The third-order valence-electron chi connectivity index (χ3n) is 4.99. The van der Waals surface area contributed by atoms with E-state index < -0.39 is 12.0 Å². The number of allylic oxidation sites excluding steroid dienone is 2. The van der Waals surface area contributed by atoms with E-state index in [0.717, 1.165) is 16.2 Å². The molecular weight excluding hydrogens is 444 g/mol. The van der Waals surface area contributed by atoms with Crippen molar-refractivity contribution in [2.24, 2.45) is 4.99 Å². The third-order valence-corrected chi connectivity index (χ3v) is 6.92. The van der Waals surface area contributed by atoms with Crippen molar-refractivity contribution in [2.75, 3.05) is 13.7 Å². The third kappa shape index (κ3) is 4.11. The van der Waals surface area contributed by atoms with E-state index in [-0.39, 0.29) is 12.2 Å². The number of benzene rings is 1. The van der Waals surface area contributed by atoms with Crippen LogP contribution in [-0.4, -0.2) is 24.3 Å². The smallest absolute Gasteiger partial charge is 0.338 e. The molecule has 0 aliphatic carbocycles. The SMILES string of the molecule is CCOC(=O)C1=C(C)N=c2sc(=CC=Cc3ccccc3OC)c(=O)n2C1c1cccs1. The van der Waals surface area contributed by atoms with Crippen LogP contribution in [0.25, 0.3) is 12.2 Å². The van der Waals surface area contributed by atoms with E-state index in [9.17, 15) is 9.59 Å². The van der Waals surface area contributed by atoms with Gasteiger partial charge >= 0.3 is 5.97 Å². The Bertz CT molecular complexity index is 1380. The first-order chi connectivity index (χ1) is 15.5. The first-order valence-corrected chi connectivity index (χ1v) is 11.8. The van der Waals surface area contributed by atoms with Crippen molar-refractivity contribution in [1.82, 2.24) is 4.57 Å². The average molecular weight is 467 g/mol. The standard InChI is InChI=1S/C24H22N2O4S2/c1-4-30-23(28)20-15(2)25-24-26(21(20)18-13-8-14-31-18)22(27)19(32-24)12-7-10-16-9-5-6-11-17(16)29-3/h5-14,21H,4H2,1-3H3. The molecule has 6 nitrogen and oxygen atoms in total. The summed E-state index contributed by atoms with van der Waals surface area (Å²) in [5, 5.41) is 1.93. The van der Waals surface area contributed by atoms with Crippen LogP contribution in [0.5, 0.6) is 5.75 Å². The number of para-hydroxylation sites is 1. The largest absolute Gasteiger partial charge is 0.496 e. The molecule has 1 atom stereocenters. The normalized spacial score (nSPS) is 16.2. The molecule has 0 N–H and O–H groups in total. The van der Waals surface area contributed by atoms with Crippen LogP contribution in [0.3, 0.4) is 0 Å². The van der Waals surface area contributed by atoms with E-state index in [2.05, 4.69) is 4.99 Å². The van der Waals surface area contributed by atoms with E-state index in [1.54, 1.807) is 31.6 Å². The highest BCUT2D eigenvalue weighted by atomic mass is 32.1. The number of hydrogen-bond acceptors (Lipinski definition) is 7. The number of thiophene rings is 1. The fraction of sp³-hybridized carbons (Fsp3) is 0.208. The topological polar surface area (TPSA) is 69.9 Å². The van der Waals surface area contributed by atoms with Crippen molar-refractivity contribution in [3.63, 3.8) is 0 Å². The number of ether oxygens (including phenoxy) is 2. The van der Waals surface area contributed by atoms with Crippen LogP contribution in [0.2, 0.25) is 0 Å². The second-order valence-corrected chi connectivity index (χ2v) is 8.93. The van der Waals surface area contributed by atoms with Gasteiger partial charge in [-0.3, -0.25) is 9.36 Å². The number of nitrogens with zero attached hydrogens (tertiary/aromatic N) is 2. The van der Waals surface area contributed by atoms with Gasteiger partial charge in [0, 0.05) is 10.4 Å². The molecule has 2 aromatic heterocycles. The summed E-state index contributed by atoms with van der Waals surface area (Å²) in [5.41, 5.74) is 1.69. The molecule has 0 spiro atoms. The Labute approximate surface area is 193 Å². The van der Waals surface area contributed by atoms with Gasteiger partial charge in [-0.2, -0.15) is 0 Å². The van der Waals surface area contributed by atoms with E-state index in [1.807, 2.05) is 53.9 Å². The molecule has 8 heteroatoms. The molecule has 0 amide bonds. The van der Waals surface area contributed by atoms with E-state index in [4.69, 9.17) is 9.47 Å². The number of aromatic nitrogens is 1. The predicted octanol–water partition coefficient (Wildman–Crippen LogP) is 3.53. The van der Waals surface area contributed by atoms with Crippen molar-refractivity contribution < 1.29 is 14.3 Å². The van der Waals surface area contributed by atoms with Gasteiger partial charge in [-0.15, -0.1) is 11.3 Å². The van der Waals surface area contributed by atoms with E-state index in [0.29, 0.717) is 20.6 Å². The number of hydrogen-bond donors (Lipinski definition) is 0. The first kappa shape index (κ1) is 22.0. The zero-order valence-electron chi connectivity index (χ0n) is 17.9. The lowest BCUT2D eigenvalue weighted by Gasteiger charge is -2.23. The second kappa shape index (κ2) is 9.50. The maximum absolute atomic E-state index is 13.4. The Morgan fingerprint density at radius 3 is 2.78 bits per heavy atom. The van der Waals surface area contributed by atoms with Gasteiger partial charge in [0.15, 0.2) is 4.80 Å². The van der Waals surface area contributed by atoms with Gasteiger partial charge in [-0.05, 0) is 37.4 Å². The minimum absolute atomic E-state index is 0.189. The molecule has 0 fully saturated rings. The van der Waals surface area contributed by atoms with Crippen molar-refractivity contribution in [2.45, 2.75) is 19.9 Å². The Kier molecular flexibility index (Phi) is 6.53. The highest BCUT2D eigenvalue weighted by molar-refractivity contribution is 7.10. The molecule has 1 aliphatic heterocycles. The lowest BCUT2D eigenvalue weighted by molar-refractivity contribution is -0.139. The van der Waals surface area contributed by atoms with Crippen LogP contribution in [0.1, 0.15) is 30.3 Å². The Balaban J connectivity index is 1.82. The lowest BCUT2D eigenvalue weighted by Crippen LogP contribution is -2.39. The van der Waals surface area contributed by atoms with Crippen LogP contribution in [0.15, 0.2) is 68.9 Å². The molecule has 164 valence electrons. The summed E-state index contributed by atoms with van der Waals surface area (Å²) in [6.45, 7) is 3.80. The van der Waals surface area contributed by atoms with Crippen LogP contribution in [0, 0.1) is 0 Å². The maximum Gasteiger partial charge on any atom is 0.338 e. The van der Waals surface area contributed by atoms with Crippen molar-refractivity contribution >= 4 is 40.8 Å². The van der Waals surface area contributed by atoms with Gasteiger partial charge in [0.25, 0.3) is 5.56 Å². The Morgan fingerprint density at radius 2 is 2.06 bits per heavy atom. The van der Waals surface area contributed by atoms with Crippen LogP contribution in [0.4, 0.5) is 0 Å². The van der Waals surface area contributed by atoms with Crippen molar-refractivity contribution in [3.8, 4) is 5.75 Å². The van der Waals surface area contributed by atoms with Gasteiger partial charge in [-0.1, -0.05) is 47.8 Å². The maximum atomic E-state index is 13.4. The van der Waals surface area contributed by atoms with Crippen molar-refractivity contribution in [1.29, 1.82) is 0 Å². The molecule has 3 aromatic rings. The zero-order valence-corrected chi connectivity index (χ0v) is 19.5. The molecule has 1 unspecified atom stereocenters. The van der Waals surface area contributed by atoms with Crippen LogP contribution >= 0.6 is 22.7 Å². The molecule has 32 heavy (non-hydrogen) atoms. The van der Waals surface area contributed by atoms with Gasteiger partial charge < -0.3 is 9.47 Å². The number of carbonyl (C=O) groups is 1. The Hall–Kier alpha value is -3.23. The predicted molar refractivity (Wildman–Crippen MR) is 128 cm³/mol. The van der Waals surface area contributed by atoms with Gasteiger partial charge in [0.2, 0.25) is 0 Å². The summed E-state index contributed by atoms with van der Waals surface area (Å²) in [7, 11) is 1.62. The fourth-order valence-corrected chi connectivity index (χ4v) is 5.39. The summed E-state index contributed by atoms with van der Waals surface area (Å²) in [5.74, 6) is 0.309. The van der Waals surface area contributed by atoms with E-state index in [1.165, 1.54) is 22.7 Å². The lowest BCUT2D eigenvalue weighted by atomic mass is 10.0. The zero-order chi connectivity index (χ0) is 22.7. The number of rotatable bonds is 6. The summed E-state index contributed by atoms with van der Waals surface area (Å²) < 4.78 is 12.8. The molecule has 3 heterocycles. The second-order valence-electron chi connectivity index (χ2n) is 6.94. The number of methoxy groups -OCH3 is 1. The highest BCUT2D eigenvalue weighted by Gasteiger charge is 2.33. The molecular formula is C24H22N2O4S2. The summed E-state index contributed by atoms with van der Waals surface area (Å²) >= 11 is 2.80. The van der Waals surface area contributed by atoms with Crippen molar-refractivity contribution in [3.05, 3.63) is 89.3 Å². The summed E-state index contributed by atoms with van der Waals surface area (Å²) in [6, 6.07) is 10.9. The molecule has 1 aliphatic rings.